The van der Waals surface area contributed by atoms with Crippen LogP contribution in [-0.4, -0.2) is 60.5 Å². The molecule has 0 atom stereocenters. The molecule has 2 aromatic carbocycles. The zero-order valence-electron chi connectivity index (χ0n) is 28.2. The lowest BCUT2D eigenvalue weighted by Gasteiger charge is -2.53. The number of aromatic nitrogens is 2. The number of amides is 3. The van der Waals surface area contributed by atoms with Gasteiger partial charge in [0.05, 0.1) is 31.7 Å². The number of carbonyl (C=O) groups excluding carboxylic acids is 3. The van der Waals surface area contributed by atoms with E-state index in [2.05, 4.69) is 20.5 Å². The fourth-order valence-corrected chi connectivity index (χ4v) is 8.44. The zero-order chi connectivity index (χ0) is 36.0. The number of anilines is 4. The van der Waals surface area contributed by atoms with Crippen molar-refractivity contribution in [3.05, 3.63) is 117 Å². The zero-order valence-corrected chi connectivity index (χ0v) is 29.8. The Morgan fingerprint density at radius 2 is 1.75 bits per heavy atom. The lowest BCUT2D eigenvalue weighted by atomic mass is 9.73. The number of hydrogen-bond acceptors (Lipinski definition) is 8. The van der Waals surface area contributed by atoms with Crippen molar-refractivity contribution in [2.75, 3.05) is 53.3 Å². The van der Waals surface area contributed by atoms with Crippen LogP contribution < -0.4 is 20.4 Å². The molecule has 2 saturated heterocycles. The first-order chi connectivity index (χ1) is 25.2. The van der Waals surface area contributed by atoms with E-state index in [-0.39, 0.29) is 27.9 Å². The third kappa shape index (κ3) is 6.42. The second-order valence-electron chi connectivity index (χ2n) is 13.4. The average molecular weight is 737 g/mol. The highest BCUT2D eigenvalue weighted by molar-refractivity contribution is 7.17. The van der Waals surface area contributed by atoms with Crippen LogP contribution in [0.5, 0.6) is 0 Å². The molecule has 3 aromatic heterocycles. The van der Waals surface area contributed by atoms with Gasteiger partial charge in [-0.25, -0.2) is 9.37 Å². The van der Waals surface area contributed by atoms with Crippen molar-refractivity contribution in [3.63, 3.8) is 0 Å². The molecule has 3 amide bonds. The number of nitrogens with one attached hydrogen (secondary N) is 2. The molecule has 6 heterocycles. The number of carbonyl (C=O) groups is 3. The van der Waals surface area contributed by atoms with Crippen molar-refractivity contribution in [2.45, 2.75) is 26.2 Å². The van der Waals surface area contributed by atoms with Gasteiger partial charge in [0.1, 0.15) is 17.3 Å². The molecule has 3 aliphatic rings. The van der Waals surface area contributed by atoms with Crippen molar-refractivity contribution in [2.24, 2.45) is 5.41 Å². The average Bonchev–Trinajstić information content (AvgIpc) is 3.50. The number of aryl methyl sites for hydroxylation is 1. The molecule has 0 bridgehead atoms. The third-order valence-corrected chi connectivity index (χ3v) is 11.4. The first-order valence-electron chi connectivity index (χ1n) is 17.1. The first kappa shape index (κ1) is 33.9. The number of fused-ring (bicyclic) bond motifs is 3. The molecule has 5 aromatic rings. The summed E-state index contributed by atoms with van der Waals surface area (Å²) in [6.45, 7) is 5.52. The van der Waals surface area contributed by atoms with E-state index in [1.54, 1.807) is 47.5 Å². The lowest BCUT2D eigenvalue weighted by Crippen LogP contribution is -2.59. The summed E-state index contributed by atoms with van der Waals surface area (Å²) in [5, 5.41) is 5.68. The minimum Gasteiger partial charge on any atom is -0.381 e. The molecule has 10 nitrogen and oxygen atoms in total. The Kier molecular flexibility index (Phi) is 8.98. The number of benzene rings is 2. The van der Waals surface area contributed by atoms with Gasteiger partial charge in [-0.05, 0) is 98.5 Å². The van der Waals surface area contributed by atoms with E-state index in [1.807, 2.05) is 25.1 Å². The summed E-state index contributed by atoms with van der Waals surface area (Å²) in [5.41, 5.74) is 4.55. The van der Waals surface area contributed by atoms with Crippen LogP contribution in [-0.2, 0) is 11.2 Å². The van der Waals surface area contributed by atoms with E-state index in [9.17, 15) is 18.8 Å². The number of pyridine rings is 2. The predicted octanol–water partition coefficient (Wildman–Crippen LogP) is 7.63. The number of nitrogens with zero attached hydrogens (tertiary/aromatic N) is 4. The largest absolute Gasteiger partial charge is 0.381 e. The van der Waals surface area contributed by atoms with Gasteiger partial charge in [0.2, 0.25) is 0 Å². The highest BCUT2D eigenvalue weighted by Crippen LogP contribution is 2.43. The molecule has 52 heavy (non-hydrogen) atoms. The van der Waals surface area contributed by atoms with Crippen LogP contribution in [0.1, 0.15) is 54.5 Å². The van der Waals surface area contributed by atoms with Crippen LogP contribution in [0.25, 0.3) is 10.6 Å². The summed E-state index contributed by atoms with van der Waals surface area (Å²) >= 11 is 7.36. The van der Waals surface area contributed by atoms with Gasteiger partial charge in [0.15, 0.2) is 0 Å². The summed E-state index contributed by atoms with van der Waals surface area (Å²) < 4.78 is 19.9. The van der Waals surface area contributed by atoms with E-state index < -0.39 is 11.7 Å². The number of hydrogen-bond donors (Lipinski definition) is 2. The maximum Gasteiger partial charge on any atom is 0.265 e. The monoisotopic (exact) mass is 736 g/mol. The van der Waals surface area contributed by atoms with Crippen LogP contribution in [0, 0.1) is 18.2 Å². The Hall–Kier alpha value is -5.17. The van der Waals surface area contributed by atoms with Crippen LogP contribution in [0.4, 0.5) is 27.3 Å². The minimum absolute atomic E-state index is 0.0779. The fraction of sp³-hybridized carbons (Fsp3) is 0.256. The van der Waals surface area contributed by atoms with Crippen LogP contribution in [0.15, 0.2) is 79.0 Å². The summed E-state index contributed by atoms with van der Waals surface area (Å²) in [4.78, 5) is 55.0. The summed E-state index contributed by atoms with van der Waals surface area (Å²) in [7, 11) is 0. The molecule has 0 radical (unpaired) electrons. The number of halogens is 2. The summed E-state index contributed by atoms with van der Waals surface area (Å²) in [6, 6.07) is 20.1. The standard InChI is InChI=1S/C39H34ClFN6O4S/c1-23-7-12-27(35(43-23)46-21-39(22-46)14-18-51-19-15-39)36(48)44-26-10-8-24(9-11-26)38(50)47-17-13-25-20-31(52-34(25)33-30(47)6-3-16-42-33)37(49)45-32-28(40)4-2-5-29(32)41/h2-12,16,20H,13-15,17-19,21-22H2,1H3,(H,44,48)(H,45,49). The SMILES string of the molecule is Cc1ccc(C(=O)Nc2ccc(C(=O)N3CCc4cc(C(=O)Nc5c(F)cccc5Cl)sc4-c4ncccc43)cc2)c(N2CC3(CCOCC3)C2)n1. The fourth-order valence-electron chi connectivity index (χ4n) is 7.12. The Labute approximate surface area is 308 Å². The molecule has 0 saturated carbocycles. The molecule has 0 aliphatic carbocycles. The molecular weight excluding hydrogens is 703 g/mol. The van der Waals surface area contributed by atoms with Crippen LogP contribution in [0.2, 0.25) is 5.02 Å². The van der Waals surface area contributed by atoms with Gasteiger partial charge in [0.25, 0.3) is 17.7 Å². The van der Waals surface area contributed by atoms with Gasteiger partial charge in [0, 0.05) is 61.4 Å². The molecule has 2 N–H and O–H groups in total. The van der Waals surface area contributed by atoms with E-state index in [0.29, 0.717) is 51.9 Å². The molecule has 2 fully saturated rings. The van der Waals surface area contributed by atoms with Gasteiger partial charge >= 0.3 is 0 Å². The Morgan fingerprint density at radius 3 is 2.52 bits per heavy atom. The molecule has 13 heteroatoms. The Bertz CT molecular complexity index is 2190. The predicted molar refractivity (Wildman–Crippen MR) is 200 cm³/mol. The van der Waals surface area contributed by atoms with E-state index >= 15 is 0 Å². The van der Waals surface area contributed by atoms with Gasteiger partial charge in [-0.1, -0.05) is 17.7 Å². The molecule has 8 rings (SSSR count). The van der Waals surface area contributed by atoms with Gasteiger partial charge in [-0.3, -0.25) is 19.4 Å². The van der Waals surface area contributed by atoms with Crippen LogP contribution >= 0.6 is 22.9 Å². The van der Waals surface area contributed by atoms with Crippen LogP contribution in [0.3, 0.4) is 0 Å². The highest BCUT2D eigenvalue weighted by Gasteiger charge is 2.45. The highest BCUT2D eigenvalue weighted by atomic mass is 35.5. The van der Waals surface area contributed by atoms with Gasteiger partial charge < -0.3 is 25.2 Å². The topological polar surface area (TPSA) is 117 Å². The number of para-hydroxylation sites is 1. The first-order valence-corrected chi connectivity index (χ1v) is 18.2. The molecule has 1 spiro atoms. The van der Waals surface area contributed by atoms with Gasteiger partial charge in [-0.15, -0.1) is 11.3 Å². The lowest BCUT2D eigenvalue weighted by molar-refractivity contribution is -0.000519. The minimum atomic E-state index is -0.626. The summed E-state index contributed by atoms with van der Waals surface area (Å²) in [6.07, 6.45) is 4.15. The van der Waals surface area contributed by atoms with Crippen molar-refractivity contribution < 1.29 is 23.5 Å². The quantitative estimate of drug-likeness (QED) is 0.184. The smallest absolute Gasteiger partial charge is 0.265 e. The van der Waals surface area contributed by atoms with Crippen molar-refractivity contribution in [1.29, 1.82) is 0 Å². The number of ether oxygens (including phenoxy) is 1. The maximum absolute atomic E-state index is 14.4. The maximum atomic E-state index is 14.4. The second-order valence-corrected chi connectivity index (χ2v) is 14.9. The normalized spacial score (nSPS) is 16.0. The number of thiophene rings is 1. The van der Waals surface area contributed by atoms with E-state index in [1.165, 1.54) is 29.5 Å². The van der Waals surface area contributed by atoms with Crippen molar-refractivity contribution in [1.82, 2.24) is 9.97 Å². The van der Waals surface area contributed by atoms with Gasteiger partial charge in [-0.2, -0.15) is 0 Å². The molecule has 264 valence electrons. The second kappa shape index (κ2) is 13.8. The Balaban J connectivity index is 0.974. The van der Waals surface area contributed by atoms with Crippen molar-refractivity contribution in [3.8, 4) is 10.6 Å². The molecule has 3 aliphatic heterocycles. The van der Waals surface area contributed by atoms with Crippen molar-refractivity contribution >= 4 is 63.5 Å². The Morgan fingerprint density at radius 1 is 0.962 bits per heavy atom. The summed E-state index contributed by atoms with van der Waals surface area (Å²) in [5.74, 6) is -0.913. The number of rotatable bonds is 6. The van der Waals surface area contributed by atoms with E-state index in [4.69, 9.17) is 21.3 Å². The van der Waals surface area contributed by atoms with E-state index in [0.717, 1.165) is 55.3 Å². The molecular formula is C39H34ClFN6O4S. The third-order valence-electron chi connectivity index (χ3n) is 9.93. The molecule has 0 unspecified atom stereocenters.